The van der Waals surface area contributed by atoms with E-state index in [1.54, 1.807) is 0 Å². The van der Waals surface area contributed by atoms with Gasteiger partial charge in [0.05, 0.1) is 12.2 Å². The lowest BCUT2D eigenvalue weighted by atomic mass is 10.00. The molecule has 1 aromatic rings. The maximum atomic E-state index is 12.5. The number of rotatable bonds is 4. The van der Waals surface area contributed by atoms with Crippen LogP contribution in [0.1, 0.15) is 46.1 Å². The molecule has 2 rings (SSSR count). The van der Waals surface area contributed by atoms with Gasteiger partial charge in [-0.3, -0.25) is 14.4 Å². The van der Waals surface area contributed by atoms with Gasteiger partial charge in [0.1, 0.15) is 0 Å². The predicted molar refractivity (Wildman–Crippen MR) is 89.3 cm³/mol. The van der Waals surface area contributed by atoms with E-state index in [0.29, 0.717) is 0 Å². The van der Waals surface area contributed by atoms with Crippen molar-refractivity contribution in [2.75, 3.05) is 13.1 Å². The fraction of sp³-hybridized carbons (Fsp3) is 0.647. The Morgan fingerprint density at radius 1 is 1.45 bits per heavy atom. The lowest BCUT2D eigenvalue weighted by Gasteiger charge is -2.34. The normalized spacial score (nSPS) is 18.0. The van der Waals surface area contributed by atoms with Gasteiger partial charge in [-0.15, -0.1) is 0 Å². The summed E-state index contributed by atoms with van der Waals surface area (Å²) in [5.41, 5.74) is 2.33. The molecule has 0 bridgehead atoms. The van der Waals surface area contributed by atoms with Crippen LogP contribution in [-0.4, -0.2) is 45.3 Å². The molecule has 22 heavy (non-hydrogen) atoms. The summed E-state index contributed by atoms with van der Waals surface area (Å²) in [5.74, 6) is 0.133. The minimum atomic E-state index is -0.184. The van der Waals surface area contributed by atoms with Crippen molar-refractivity contribution in [1.82, 2.24) is 20.0 Å². The Labute approximate surface area is 133 Å². The molecule has 0 spiro atoms. The van der Waals surface area contributed by atoms with Gasteiger partial charge in [0.15, 0.2) is 0 Å². The highest BCUT2D eigenvalue weighted by atomic mass is 16.2. The van der Waals surface area contributed by atoms with E-state index in [1.807, 2.05) is 44.9 Å². The molecular formula is C17H28N4O. The second-order valence-electron chi connectivity index (χ2n) is 7.04. The first-order chi connectivity index (χ1) is 10.3. The second-order valence-corrected chi connectivity index (χ2v) is 7.04. The Morgan fingerprint density at radius 3 is 2.64 bits per heavy atom. The fourth-order valence-electron chi connectivity index (χ4n) is 2.88. The molecule has 1 amide bonds. The first-order valence-electron chi connectivity index (χ1n) is 8.04. The molecule has 0 saturated carbocycles. The second kappa shape index (κ2) is 6.65. The average Bonchev–Trinajstić information content (AvgIpc) is 2.85. The summed E-state index contributed by atoms with van der Waals surface area (Å²) in [4.78, 5) is 14.7. The van der Waals surface area contributed by atoms with E-state index in [9.17, 15) is 4.79 Å². The molecule has 0 saturated heterocycles. The maximum absolute atomic E-state index is 12.5. The third-order valence-electron chi connectivity index (χ3n) is 3.94. The number of carbonyl (C=O) groups is 1. The van der Waals surface area contributed by atoms with E-state index < -0.39 is 0 Å². The summed E-state index contributed by atoms with van der Waals surface area (Å²) in [6.45, 7) is 9.88. The molecule has 5 nitrogen and oxygen atoms in total. The molecule has 0 fully saturated rings. The van der Waals surface area contributed by atoms with Crippen LogP contribution in [0.25, 0.3) is 5.57 Å². The van der Waals surface area contributed by atoms with Crippen molar-refractivity contribution in [2.24, 2.45) is 7.05 Å². The molecule has 2 heterocycles. The summed E-state index contributed by atoms with van der Waals surface area (Å²) in [6.07, 6.45) is 7.98. The third kappa shape index (κ3) is 4.19. The minimum absolute atomic E-state index is 0.0501. The van der Waals surface area contributed by atoms with Crippen molar-refractivity contribution in [3.8, 4) is 0 Å². The summed E-state index contributed by atoms with van der Waals surface area (Å²) in [7, 11) is 1.93. The summed E-state index contributed by atoms with van der Waals surface area (Å²) >= 11 is 0. The van der Waals surface area contributed by atoms with Crippen LogP contribution in [0.15, 0.2) is 18.5 Å². The zero-order chi connectivity index (χ0) is 16.3. The molecule has 1 aliphatic heterocycles. The highest BCUT2D eigenvalue weighted by Gasteiger charge is 2.28. The van der Waals surface area contributed by atoms with Crippen LogP contribution in [0.5, 0.6) is 0 Å². The van der Waals surface area contributed by atoms with E-state index in [1.165, 1.54) is 11.1 Å². The van der Waals surface area contributed by atoms with Crippen molar-refractivity contribution in [3.05, 3.63) is 24.0 Å². The van der Waals surface area contributed by atoms with Gasteiger partial charge in [-0.1, -0.05) is 13.0 Å². The Balaban J connectivity index is 2.02. The van der Waals surface area contributed by atoms with Crippen LogP contribution in [-0.2, 0) is 11.8 Å². The van der Waals surface area contributed by atoms with Crippen LogP contribution in [0.4, 0.5) is 0 Å². The van der Waals surface area contributed by atoms with Crippen LogP contribution in [0.3, 0.4) is 0 Å². The van der Waals surface area contributed by atoms with E-state index in [2.05, 4.69) is 28.3 Å². The lowest BCUT2D eigenvalue weighted by molar-refractivity contribution is -0.127. The van der Waals surface area contributed by atoms with Crippen molar-refractivity contribution >= 4 is 11.5 Å². The van der Waals surface area contributed by atoms with Crippen molar-refractivity contribution in [3.63, 3.8) is 0 Å². The first-order valence-corrected chi connectivity index (χ1v) is 8.04. The molecule has 1 N–H and O–H groups in total. The minimum Gasteiger partial charge on any atom is -0.350 e. The number of hydrogen-bond donors (Lipinski definition) is 1. The zero-order valence-electron chi connectivity index (χ0n) is 14.4. The van der Waals surface area contributed by atoms with Gasteiger partial charge in [-0.2, -0.15) is 5.10 Å². The van der Waals surface area contributed by atoms with Gasteiger partial charge < -0.3 is 5.32 Å². The molecule has 1 aliphatic rings. The molecule has 0 aliphatic carbocycles. The quantitative estimate of drug-likeness (QED) is 0.928. The molecule has 0 radical (unpaired) electrons. The standard InChI is InChI=1S/C17H28N4O/c1-6-15(16(22)19-17(2,3)4)21-9-7-13(8-10-21)14-11-18-20(5)12-14/h7,11-12,15H,6,8-10H2,1-5H3,(H,19,22)/t15-/m1/s1. The van der Waals surface area contributed by atoms with E-state index in [0.717, 1.165) is 25.9 Å². The first kappa shape index (κ1) is 16.7. The predicted octanol–water partition coefficient (Wildman–Crippen LogP) is 2.20. The number of carbonyl (C=O) groups excluding carboxylic acids is 1. The van der Waals surface area contributed by atoms with Crippen LogP contribution < -0.4 is 5.32 Å². The van der Waals surface area contributed by atoms with Gasteiger partial charge in [0.25, 0.3) is 0 Å². The van der Waals surface area contributed by atoms with E-state index >= 15 is 0 Å². The Bertz CT molecular complexity index is 553. The summed E-state index contributed by atoms with van der Waals surface area (Å²) in [6, 6.07) is -0.0501. The Morgan fingerprint density at radius 2 is 2.18 bits per heavy atom. The van der Waals surface area contributed by atoms with Crippen molar-refractivity contribution in [2.45, 2.75) is 52.1 Å². The molecule has 5 heteroatoms. The molecule has 0 aromatic carbocycles. The number of nitrogens with zero attached hydrogens (tertiary/aromatic N) is 3. The van der Waals surface area contributed by atoms with Gasteiger partial charge in [-0.05, 0) is 39.2 Å². The zero-order valence-corrected chi connectivity index (χ0v) is 14.4. The maximum Gasteiger partial charge on any atom is 0.237 e. The van der Waals surface area contributed by atoms with E-state index in [4.69, 9.17) is 0 Å². The van der Waals surface area contributed by atoms with E-state index in [-0.39, 0.29) is 17.5 Å². The van der Waals surface area contributed by atoms with Gasteiger partial charge in [-0.25, -0.2) is 0 Å². The Kier molecular flexibility index (Phi) is 5.06. The average molecular weight is 304 g/mol. The summed E-state index contributed by atoms with van der Waals surface area (Å²) in [5, 5.41) is 7.33. The highest BCUT2D eigenvalue weighted by molar-refractivity contribution is 5.82. The summed E-state index contributed by atoms with van der Waals surface area (Å²) < 4.78 is 1.83. The van der Waals surface area contributed by atoms with Gasteiger partial charge >= 0.3 is 0 Å². The lowest BCUT2D eigenvalue weighted by Crippen LogP contribution is -2.52. The fourth-order valence-corrected chi connectivity index (χ4v) is 2.88. The number of hydrogen-bond acceptors (Lipinski definition) is 3. The molecule has 1 aromatic heterocycles. The Hall–Kier alpha value is -1.62. The SMILES string of the molecule is CC[C@H](C(=O)NC(C)(C)C)N1CC=C(c2cnn(C)c2)CC1. The number of amides is 1. The van der Waals surface area contributed by atoms with Crippen LogP contribution >= 0.6 is 0 Å². The van der Waals surface area contributed by atoms with Crippen LogP contribution in [0.2, 0.25) is 0 Å². The van der Waals surface area contributed by atoms with Crippen LogP contribution in [0, 0.1) is 0 Å². The monoisotopic (exact) mass is 304 g/mol. The third-order valence-corrected chi connectivity index (χ3v) is 3.94. The number of aromatic nitrogens is 2. The topological polar surface area (TPSA) is 50.2 Å². The van der Waals surface area contributed by atoms with Crippen molar-refractivity contribution in [1.29, 1.82) is 0 Å². The largest absolute Gasteiger partial charge is 0.350 e. The smallest absolute Gasteiger partial charge is 0.237 e. The molecule has 1 atom stereocenters. The highest BCUT2D eigenvalue weighted by Crippen LogP contribution is 2.23. The van der Waals surface area contributed by atoms with Gasteiger partial charge in [0.2, 0.25) is 5.91 Å². The number of aryl methyl sites for hydroxylation is 1. The molecular weight excluding hydrogens is 276 g/mol. The molecule has 122 valence electrons. The number of nitrogens with one attached hydrogen (secondary N) is 1. The molecule has 0 unspecified atom stereocenters. The van der Waals surface area contributed by atoms with Gasteiger partial charge in [0, 0.05) is 37.4 Å². The van der Waals surface area contributed by atoms with Crippen molar-refractivity contribution < 1.29 is 4.79 Å².